The van der Waals surface area contributed by atoms with Crippen LogP contribution in [0.15, 0.2) is 29.4 Å². The molecule has 2 atom stereocenters. The van der Waals surface area contributed by atoms with Gasteiger partial charge in [0.15, 0.2) is 0 Å². The van der Waals surface area contributed by atoms with Crippen molar-refractivity contribution in [2.45, 2.75) is 44.9 Å². The van der Waals surface area contributed by atoms with E-state index in [0.717, 1.165) is 12.0 Å². The van der Waals surface area contributed by atoms with Crippen LogP contribution in [0.25, 0.3) is 0 Å². The van der Waals surface area contributed by atoms with Gasteiger partial charge in [0.25, 0.3) is 5.91 Å². The molecule has 0 unspecified atom stereocenters. The van der Waals surface area contributed by atoms with Gasteiger partial charge in [0.05, 0.1) is 18.7 Å². The second kappa shape index (κ2) is 7.09. The summed E-state index contributed by atoms with van der Waals surface area (Å²) < 4.78 is 18.4. The molecule has 1 N–H and O–H groups in total. The van der Waals surface area contributed by atoms with E-state index in [1.165, 1.54) is 17.1 Å². The third kappa shape index (κ3) is 3.79. The highest BCUT2D eigenvalue weighted by molar-refractivity contribution is 6.39. The number of rotatable bonds is 4. The Hall–Kier alpha value is -2.28. The minimum Gasteiger partial charge on any atom is -0.376 e. The molecule has 0 radical (unpaired) electrons. The quantitative estimate of drug-likeness (QED) is 0.910. The Morgan fingerprint density at radius 1 is 1.38 bits per heavy atom. The SMILES string of the molecule is C[C@H]1OCC[C@H]1NC(=O)C1=NN(Cc2ccc(F)cc2)C(=O)CC1. The standard InChI is InChI=1S/C17H20FN3O3/c1-11-14(8-9-24-11)19-17(23)15-6-7-16(22)21(20-15)10-12-2-4-13(18)5-3-12/h2-5,11,14H,6-10H2,1H3,(H,19,23)/t11-,14-/m1/s1. The van der Waals surface area contributed by atoms with Gasteiger partial charge in [-0.25, -0.2) is 9.40 Å². The summed E-state index contributed by atoms with van der Waals surface area (Å²) in [6.45, 7) is 2.78. The molecule has 3 rings (SSSR count). The summed E-state index contributed by atoms with van der Waals surface area (Å²) in [5.41, 5.74) is 1.10. The minimum atomic E-state index is -0.333. The number of halogens is 1. The van der Waals surface area contributed by atoms with Crippen molar-refractivity contribution < 1.29 is 18.7 Å². The summed E-state index contributed by atoms with van der Waals surface area (Å²) >= 11 is 0. The first-order valence-corrected chi connectivity index (χ1v) is 8.07. The van der Waals surface area contributed by atoms with Crippen LogP contribution in [0.3, 0.4) is 0 Å². The first kappa shape index (κ1) is 16.6. The van der Waals surface area contributed by atoms with E-state index in [1.54, 1.807) is 12.1 Å². The van der Waals surface area contributed by atoms with Crippen LogP contribution in [0, 0.1) is 5.82 Å². The normalized spacial score (nSPS) is 24.0. The molecule has 1 saturated heterocycles. The molecule has 0 aliphatic carbocycles. The van der Waals surface area contributed by atoms with E-state index >= 15 is 0 Å². The average molecular weight is 333 g/mol. The van der Waals surface area contributed by atoms with E-state index in [1.807, 2.05) is 6.92 Å². The number of hydrazone groups is 1. The lowest BCUT2D eigenvalue weighted by Crippen LogP contribution is -2.45. The van der Waals surface area contributed by atoms with E-state index in [2.05, 4.69) is 10.4 Å². The topological polar surface area (TPSA) is 71.0 Å². The molecular formula is C17H20FN3O3. The molecule has 6 nitrogen and oxygen atoms in total. The molecule has 2 amide bonds. The van der Waals surface area contributed by atoms with Gasteiger partial charge in [0.2, 0.25) is 5.91 Å². The second-order valence-electron chi connectivity index (χ2n) is 6.07. The Balaban J connectivity index is 1.68. The zero-order chi connectivity index (χ0) is 17.1. The summed E-state index contributed by atoms with van der Waals surface area (Å²) in [7, 11) is 0. The molecule has 24 heavy (non-hydrogen) atoms. The smallest absolute Gasteiger partial charge is 0.267 e. The van der Waals surface area contributed by atoms with Gasteiger partial charge in [0.1, 0.15) is 11.5 Å². The Morgan fingerprint density at radius 3 is 2.79 bits per heavy atom. The van der Waals surface area contributed by atoms with Gasteiger partial charge in [-0.3, -0.25) is 9.59 Å². The molecule has 2 aliphatic heterocycles. The highest BCUT2D eigenvalue weighted by atomic mass is 19.1. The van der Waals surface area contributed by atoms with Crippen LogP contribution in [0.5, 0.6) is 0 Å². The van der Waals surface area contributed by atoms with Gasteiger partial charge >= 0.3 is 0 Å². The lowest BCUT2D eigenvalue weighted by atomic mass is 10.1. The number of hydrogen-bond acceptors (Lipinski definition) is 4. The maximum absolute atomic E-state index is 13.0. The molecule has 1 fully saturated rings. The number of carbonyl (C=O) groups excluding carboxylic acids is 2. The summed E-state index contributed by atoms with van der Waals surface area (Å²) in [5, 5.41) is 8.40. The molecule has 0 bridgehead atoms. The molecule has 2 aliphatic rings. The van der Waals surface area contributed by atoms with E-state index in [-0.39, 0.29) is 42.7 Å². The Kier molecular flexibility index (Phi) is 4.89. The summed E-state index contributed by atoms with van der Waals surface area (Å²) in [5.74, 6) is -0.734. The fourth-order valence-corrected chi connectivity index (χ4v) is 2.82. The molecule has 2 heterocycles. The van der Waals surface area contributed by atoms with E-state index in [0.29, 0.717) is 18.7 Å². The molecule has 0 aromatic heterocycles. The number of carbonyl (C=O) groups is 2. The van der Waals surface area contributed by atoms with Crippen LogP contribution < -0.4 is 5.32 Å². The van der Waals surface area contributed by atoms with Crippen LogP contribution in [0.4, 0.5) is 4.39 Å². The summed E-state index contributed by atoms with van der Waals surface area (Å²) in [6.07, 6.45) is 1.32. The zero-order valence-electron chi connectivity index (χ0n) is 13.5. The van der Waals surface area contributed by atoms with E-state index in [9.17, 15) is 14.0 Å². The van der Waals surface area contributed by atoms with Gasteiger partial charge in [-0.2, -0.15) is 5.10 Å². The molecule has 0 spiro atoms. The molecule has 1 aromatic rings. The zero-order valence-corrected chi connectivity index (χ0v) is 13.5. The molecule has 1 aromatic carbocycles. The van der Waals surface area contributed by atoms with Crippen molar-refractivity contribution in [3.63, 3.8) is 0 Å². The Bertz CT molecular complexity index is 660. The van der Waals surface area contributed by atoms with Crippen LogP contribution in [-0.2, 0) is 20.9 Å². The number of nitrogens with one attached hydrogen (secondary N) is 1. The predicted octanol–water partition coefficient (Wildman–Crippen LogP) is 1.60. The summed E-state index contributed by atoms with van der Waals surface area (Å²) in [4.78, 5) is 24.4. The second-order valence-corrected chi connectivity index (χ2v) is 6.07. The van der Waals surface area contributed by atoms with Crippen molar-refractivity contribution in [3.8, 4) is 0 Å². The largest absolute Gasteiger partial charge is 0.376 e. The van der Waals surface area contributed by atoms with Crippen molar-refractivity contribution in [2.24, 2.45) is 5.10 Å². The number of benzene rings is 1. The third-order valence-corrected chi connectivity index (χ3v) is 4.31. The fraction of sp³-hybridized carbons (Fsp3) is 0.471. The van der Waals surface area contributed by atoms with Crippen LogP contribution >= 0.6 is 0 Å². The highest BCUT2D eigenvalue weighted by Gasteiger charge is 2.29. The fourth-order valence-electron chi connectivity index (χ4n) is 2.82. The van der Waals surface area contributed by atoms with Crippen LogP contribution in [0.2, 0.25) is 0 Å². The van der Waals surface area contributed by atoms with Crippen LogP contribution in [-0.4, -0.2) is 41.3 Å². The summed E-state index contributed by atoms with van der Waals surface area (Å²) in [6, 6.07) is 5.85. The number of amides is 2. The lowest BCUT2D eigenvalue weighted by molar-refractivity contribution is -0.132. The van der Waals surface area contributed by atoms with Crippen molar-refractivity contribution in [2.75, 3.05) is 6.61 Å². The van der Waals surface area contributed by atoms with Crippen LogP contribution in [0.1, 0.15) is 31.7 Å². The van der Waals surface area contributed by atoms with Crippen molar-refractivity contribution in [1.82, 2.24) is 10.3 Å². The maximum atomic E-state index is 13.0. The molecule has 7 heteroatoms. The molecule has 0 saturated carbocycles. The monoisotopic (exact) mass is 333 g/mol. The minimum absolute atomic E-state index is 0.0184. The van der Waals surface area contributed by atoms with Crippen molar-refractivity contribution in [1.29, 1.82) is 0 Å². The molecule has 128 valence electrons. The average Bonchev–Trinajstić information content (AvgIpc) is 2.96. The Labute approximate surface area is 139 Å². The van der Waals surface area contributed by atoms with Crippen molar-refractivity contribution in [3.05, 3.63) is 35.6 Å². The Morgan fingerprint density at radius 2 is 2.12 bits per heavy atom. The first-order valence-electron chi connectivity index (χ1n) is 8.07. The lowest BCUT2D eigenvalue weighted by Gasteiger charge is -2.24. The maximum Gasteiger partial charge on any atom is 0.267 e. The third-order valence-electron chi connectivity index (χ3n) is 4.31. The number of hydrogen-bond donors (Lipinski definition) is 1. The van der Waals surface area contributed by atoms with Gasteiger partial charge in [-0.1, -0.05) is 12.1 Å². The van der Waals surface area contributed by atoms with Gasteiger partial charge in [-0.15, -0.1) is 0 Å². The van der Waals surface area contributed by atoms with Gasteiger partial charge in [-0.05, 0) is 31.0 Å². The van der Waals surface area contributed by atoms with E-state index in [4.69, 9.17) is 4.74 Å². The van der Waals surface area contributed by atoms with Crippen molar-refractivity contribution >= 4 is 17.5 Å². The first-order chi connectivity index (χ1) is 11.5. The highest BCUT2D eigenvalue weighted by Crippen LogP contribution is 2.16. The molecular weight excluding hydrogens is 313 g/mol. The van der Waals surface area contributed by atoms with Gasteiger partial charge < -0.3 is 10.1 Å². The number of nitrogens with zero attached hydrogens (tertiary/aromatic N) is 2. The predicted molar refractivity (Wildman–Crippen MR) is 85.6 cm³/mol. The number of ether oxygens (including phenoxy) is 1. The van der Waals surface area contributed by atoms with Gasteiger partial charge in [0, 0.05) is 19.4 Å². The van der Waals surface area contributed by atoms with E-state index < -0.39 is 0 Å².